The number of nitrogens with zero attached hydrogens (tertiary/aromatic N) is 3. The maximum Gasteiger partial charge on any atom is 0.205 e. The molecule has 122 valence electrons. The molecule has 0 unspecified atom stereocenters. The van der Waals surface area contributed by atoms with E-state index in [4.69, 9.17) is 16.3 Å². The molecule has 0 saturated heterocycles. The predicted octanol–water partition coefficient (Wildman–Crippen LogP) is 4.29. The van der Waals surface area contributed by atoms with Crippen LogP contribution in [-0.2, 0) is 0 Å². The molecule has 3 rings (SSSR count). The van der Waals surface area contributed by atoms with Crippen LogP contribution in [0, 0.1) is 0 Å². The summed E-state index contributed by atoms with van der Waals surface area (Å²) in [6.45, 7) is 0. The molecule has 4 nitrogen and oxygen atoms in total. The van der Waals surface area contributed by atoms with Crippen molar-refractivity contribution < 1.29 is 4.74 Å². The van der Waals surface area contributed by atoms with Gasteiger partial charge >= 0.3 is 0 Å². The number of hydrogen-bond donors (Lipinski definition) is 0. The van der Waals surface area contributed by atoms with Gasteiger partial charge < -0.3 is 4.74 Å². The average Bonchev–Trinajstić information content (AvgIpc) is 3.04. The predicted molar refractivity (Wildman–Crippen MR) is 100 cm³/mol. The quantitative estimate of drug-likeness (QED) is 0.642. The van der Waals surface area contributed by atoms with E-state index in [9.17, 15) is 0 Å². The Labute approximate surface area is 149 Å². The zero-order valence-corrected chi connectivity index (χ0v) is 14.9. The van der Waals surface area contributed by atoms with Gasteiger partial charge in [-0.25, -0.2) is 4.68 Å². The van der Waals surface area contributed by atoms with Gasteiger partial charge in [0.1, 0.15) is 5.75 Å². The summed E-state index contributed by atoms with van der Waals surface area (Å²) in [5, 5.41) is 7.35. The lowest BCUT2D eigenvalue weighted by atomic mass is 10.2. The van der Waals surface area contributed by atoms with Crippen LogP contribution in [0.15, 0.2) is 64.0 Å². The molecule has 0 saturated carbocycles. The van der Waals surface area contributed by atoms with Gasteiger partial charge in [-0.1, -0.05) is 23.7 Å². The molecule has 0 N–H and O–H groups in total. The molecule has 24 heavy (non-hydrogen) atoms. The minimum atomic E-state index is 0.711. The highest BCUT2D eigenvalue weighted by atomic mass is 35.5. The molecule has 0 spiro atoms. The van der Waals surface area contributed by atoms with Crippen LogP contribution < -0.4 is 9.54 Å². The van der Waals surface area contributed by atoms with Gasteiger partial charge in [-0.2, -0.15) is 5.10 Å². The first-order valence-corrected chi connectivity index (χ1v) is 8.55. The monoisotopic (exact) mass is 357 g/mol. The molecule has 0 aliphatic carbocycles. The van der Waals surface area contributed by atoms with Crippen molar-refractivity contribution in [3.05, 3.63) is 69.3 Å². The van der Waals surface area contributed by atoms with Gasteiger partial charge in [0, 0.05) is 23.0 Å². The van der Waals surface area contributed by atoms with Crippen LogP contribution in [0.25, 0.3) is 11.3 Å². The van der Waals surface area contributed by atoms with Crippen LogP contribution in [-0.4, -0.2) is 25.0 Å². The molecule has 0 atom stereocenters. The van der Waals surface area contributed by atoms with E-state index >= 15 is 0 Å². The van der Waals surface area contributed by atoms with E-state index in [1.54, 1.807) is 31.7 Å². The van der Waals surface area contributed by atoms with Gasteiger partial charge in [0.05, 0.1) is 19.0 Å². The third-order valence-electron chi connectivity index (χ3n) is 3.45. The van der Waals surface area contributed by atoms with Crippen molar-refractivity contribution >= 4 is 29.2 Å². The van der Waals surface area contributed by atoms with Gasteiger partial charge in [0.25, 0.3) is 0 Å². The number of thiazole rings is 1. The summed E-state index contributed by atoms with van der Waals surface area (Å²) in [4.78, 5) is 5.12. The van der Waals surface area contributed by atoms with Crippen LogP contribution in [0.4, 0.5) is 0 Å². The SMILES string of the molecule is CN=c1scc(-c2ccc(Cl)cc2)n1N=Cc1ccc(OC)cc1. The molecule has 0 radical (unpaired) electrons. The first kappa shape index (κ1) is 16.5. The minimum absolute atomic E-state index is 0.711. The van der Waals surface area contributed by atoms with E-state index in [0.29, 0.717) is 5.02 Å². The normalized spacial score (nSPS) is 12.0. The molecule has 6 heteroatoms. The number of hydrogen-bond acceptors (Lipinski definition) is 4. The van der Waals surface area contributed by atoms with E-state index in [1.165, 1.54) is 0 Å². The number of methoxy groups -OCH3 is 1. The fourth-order valence-electron chi connectivity index (χ4n) is 2.20. The lowest BCUT2D eigenvalue weighted by Crippen LogP contribution is -2.11. The summed E-state index contributed by atoms with van der Waals surface area (Å²) in [5.41, 5.74) is 3.00. The molecular formula is C18H16ClN3OS. The summed E-state index contributed by atoms with van der Waals surface area (Å²) in [6.07, 6.45) is 1.81. The third-order valence-corrected chi connectivity index (χ3v) is 4.61. The summed E-state index contributed by atoms with van der Waals surface area (Å²) in [6, 6.07) is 15.4. The fraction of sp³-hybridized carbons (Fsp3) is 0.111. The van der Waals surface area contributed by atoms with Crippen molar-refractivity contribution in [1.29, 1.82) is 0 Å². The van der Waals surface area contributed by atoms with Crippen LogP contribution in [0.5, 0.6) is 5.75 Å². The number of benzene rings is 2. The Kier molecular flexibility index (Phi) is 5.13. The fourth-order valence-corrected chi connectivity index (χ4v) is 3.13. The average molecular weight is 358 g/mol. The molecule has 0 amide bonds. The largest absolute Gasteiger partial charge is 0.497 e. The Morgan fingerprint density at radius 3 is 2.42 bits per heavy atom. The zero-order valence-electron chi connectivity index (χ0n) is 13.3. The van der Waals surface area contributed by atoms with Crippen molar-refractivity contribution in [2.45, 2.75) is 0 Å². The highest BCUT2D eigenvalue weighted by molar-refractivity contribution is 7.07. The zero-order chi connectivity index (χ0) is 16.9. The molecule has 0 aliphatic heterocycles. The molecule has 3 aromatic rings. The van der Waals surface area contributed by atoms with Gasteiger partial charge in [0.15, 0.2) is 0 Å². The van der Waals surface area contributed by atoms with E-state index in [0.717, 1.165) is 27.4 Å². The molecule has 0 fully saturated rings. The summed E-state index contributed by atoms with van der Waals surface area (Å²) < 4.78 is 7.00. The highest BCUT2D eigenvalue weighted by Gasteiger charge is 2.07. The Hall–Kier alpha value is -2.37. The molecule has 0 aliphatic rings. The number of halogens is 1. The van der Waals surface area contributed by atoms with Crippen molar-refractivity contribution in [2.24, 2.45) is 10.1 Å². The van der Waals surface area contributed by atoms with E-state index in [1.807, 2.05) is 58.6 Å². The molecule has 0 bridgehead atoms. The van der Waals surface area contributed by atoms with E-state index in [-0.39, 0.29) is 0 Å². The highest BCUT2D eigenvalue weighted by Crippen LogP contribution is 2.22. The van der Waals surface area contributed by atoms with Crippen LogP contribution >= 0.6 is 22.9 Å². The Balaban J connectivity index is 1.98. The Morgan fingerprint density at radius 2 is 1.79 bits per heavy atom. The van der Waals surface area contributed by atoms with Crippen molar-refractivity contribution in [3.63, 3.8) is 0 Å². The van der Waals surface area contributed by atoms with Crippen molar-refractivity contribution in [3.8, 4) is 17.0 Å². The summed E-state index contributed by atoms with van der Waals surface area (Å²) in [5.74, 6) is 0.821. The maximum atomic E-state index is 5.97. The van der Waals surface area contributed by atoms with Crippen molar-refractivity contribution in [2.75, 3.05) is 14.2 Å². The lowest BCUT2D eigenvalue weighted by molar-refractivity contribution is 0.415. The first-order valence-electron chi connectivity index (χ1n) is 7.29. The maximum absolute atomic E-state index is 5.97. The Bertz CT molecular complexity index is 909. The van der Waals surface area contributed by atoms with Crippen LogP contribution in [0.1, 0.15) is 5.56 Å². The first-order chi connectivity index (χ1) is 11.7. The van der Waals surface area contributed by atoms with Gasteiger partial charge in [-0.3, -0.25) is 4.99 Å². The lowest BCUT2D eigenvalue weighted by Gasteiger charge is -2.04. The summed E-state index contributed by atoms with van der Waals surface area (Å²) in [7, 11) is 3.41. The van der Waals surface area contributed by atoms with Gasteiger partial charge in [-0.15, -0.1) is 11.3 Å². The second-order valence-corrected chi connectivity index (χ2v) is 6.24. The molecule has 1 heterocycles. The number of ether oxygens (including phenoxy) is 1. The van der Waals surface area contributed by atoms with Crippen molar-refractivity contribution in [1.82, 2.24) is 4.68 Å². The topological polar surface area (TPSA) is 38.9 Å². The third kappa shape index (κ3) is 3.58. The van der Waals surface area contributed by atoms with E-state index < -0.39 is 0 Å². The van der Waals surface area contributed by atoms with Gasteiger partial charge in [0.2, 0.25) is 4.80 Å². The molecule has 2 aromatic carbocycles. The van der Waals surface area contributed by atoms with E-state index in [2.05, 4.69) is 10.1 Å². The molecule has 1 aromatic heterocycles. The van der Waals surface area contributed by atoms with Gasteiger partial charge in [-0.05, 0) is 42.0 Å². The summed E-state index contributed by atoms with van der Waals surface area (Å²) >= 11 is 7.52. The minimum Gasteiger partial charge on any atom is -0.497 e. The molecular weight excluding hydrogens is 342 g/mol. The number of rotatable bonds is 4. The standard InChI is InChI=1S/C18H16ClN3OS/c1-20-18-22(21-11-13-3-9-16(23-2)10-4-13)17(12-24-18)14-5-7-15(19)8-6-14/h3-12H,1-2H3. The second kappa shape index (κ2) is 7.47. The van der Waals surface area contributed by atoms with Crippen LogP contribution in [0.3, 0.4) is 0 Å². The number of aromatic nitrogens is 1. The Morgan fingerprint density at radius 1 is 1.08 bits per heavy atom. The second-order valence-electron chi connectivity index (χ2n) is 4.96. The smallest absolute Gasteiger partial charge is 0.205 e. The van der Waals surface area contributed by atoms with Crippen LogP contribution in [0.2, 0.25) is 5.02 Å².